The zero-order valence-corrected chi connectivity index (χ0v) is 13.4. The van der Waals surface area contributed by atoms with Crippen LogP contribution in [0.5, 0.6) is 5.75 Å². The molecule has 112 valence electrons. The minimum absolute atomic E-state index is 0.00192. The number of methoxy groups -OCH3 is 1. The highest BCUT2D eigenvalue weighted by Gasteiger charge is 2.13. The molecule has 0 aliphatic rings. The summed E-state index contributed by atoms with van der Waals surface area (Å²) < 4.78 is 5.43. The third-order valence-electron chi connectivity index (χ3n) is 3.59. The molecule has 0 spiro atoms. The minimum atomic E-state index is 0.00192. The van der Waals surface area contributed by atoms with Gasteiger partial charge >= 0.3 is 0 Å². The normalized spacial score (nSPS) is 12.2. The monoisotopic (exact) mass is 304 g/mol. The molecule has 3 nitrogen and oxygen atoms in total. The lowest BCUT2D eigenvalue weighted by Gasteiger charge is -2.16. The SMILES string of the molecule is COc1c(C)cnc(CC(N)Cc2cccc(Cl)c2)c1C. The molecule has 0 saturated heterocycles. The first-order valence-corrected chi connectivity index (χ1v) is 7.38. The lowest BCUT2D eigenvalue weighted by molar-refractivity contribution is 0.406. The number of benzene rings is 1. The first-order valence-electron chi connectivity index (χ1n) is 7.00. The van der Waals surface area contributed by atoms with Gasteiger partial charge in [0.1, 0.15) is 5.75 Å². The molecule has 2 rings (SSSR count). The summed E-state index contributed by atoms with van der Waals surface area (Å²) in [6.45, 7) is 4.02. The summed E-state index contributed by atoms with van der Waals surface area (Å²) in [7, 11) is 1.69. The van der Waals surface area contributed by atoms with E-state index in [-0.39, 0.29) is 6.04 Å². The van der Waals surface area contributed by atoms with Gasteiger partial charge in [0.25, 0.3) is 0 Å². The number of nitrogens with zero attached hydrogens (tertiary/aromatic N) is 1. The Morgan fingerprint density at radius 1 is 1.29 bits per heavy atom. The van der Waals surface area contributed by atoms with Gasteiger partial charge in [-0.1, -0.05) is 23.7 Å². The molecule has 0 saturated carbocycles. The van der Waals surface area contributed by atoms with Crippen LogP contribution in [0.3, 0.4) is 0 Å². The van der Waals surface area contributed by atoms with Crippen LogP contribution in [0.1, 0.15) is 22.4 Å². The zero-order valence-electron chi connectivity index (χ0n) is 12.7. The van der Waals surface area contributed by atoms with Gasteiger partial charge in [-0.15, -0.1) is 0 Å². The number of halogens is 1. The van der Waals surface area contributed by atoms with E-state index in [1.165, 1.54) is 0 Å². The van der Waals surface area contributed by atoms with Gasteiger partial charge in [-0.25, -0.2) is 0 Å². The maximum atomic E-state index is 6.26. The largest absolute Gasteiger partial charge is 0.496 e. The zero-order chi connectivity index (χ0) is 15.4. The molecular formula is C17H21ClN2O. The predicted octanol–water partition coefficient (Wildman–Crippen LogP) is 3.47. The number of hydrogen-bond acceptors (Lipinski definition) is 3. The van der Waals surface area contributed by atoms with E-state index in [9.17, 15) is 0 Å². The minimum Gasteiger partial charge on any atom is -0.496 e. The maximum absolute atomic E-state index is 6.26. The molecule has 21 heavy (non-hydrogen) atoms. The number of nitrogens with two attached hydrogens (primary N) is 1. The fourth-order valence-electron chi connectivity index (χ4n) is 2.56. The van der Waals surface area contributed by atoms with Crippen molar-refractivity contribution in [1.82, 2.24) is 4.98 Å². The molecule has 1 atom stereocenters. The van der Waals surface area contributed by atoms with Crippen molar-refractivity contribution in [1.29, 1.82) is 0 Å². The Kier molecular flexibility index (Phi) is 5.21. The summed E-state index contributed by atoms with van der Waals surface area (Å²) in [4.78, 5) is 4.50. The number of pyridine rings is 1. The van der Waals surface area contributed by atoms with Crippen LogP contribution in [-0.2, 0) is 12.8 Å². The molecule has 2 aromatic rings. The van der Waals surface area contributed by atoms with E-state index in [1.807, 2.05) is 44.3 Å². The molecule has 1 aromatic heterocycles. The number of aryl methyl sites for hydroxylation is 1. The summed E-state index contributed by atoms with van der Waals surface area (Å²) in [5.41, 5.74) is 10.5. The van der Waals surface area contributed by atoms with Gasteiger partial charge in [-0.3, -0.25) is 4.98 Å². The fourth-order valence-corrected chi connectivity index (χ4v) is 2.78. The Hall–Kier alpha value is -1.58. The summed E-state index contributed by atoms with van der Waals surface area (Å²) >= 11 is 6.00. The van der Waals surface area contributed by atoms with Crippen LogP contribution in [-0.4, -0.2) is 18.1 Å². The van der Waals surface area contributed by atoms with Crippen LogP contribution >= 0.6 is 11.6 Å². The van der Waals surface area contributed by atoms with E-state index in [0.29, 0.717) is 0 Å². The number of rotatable bonds is 5. The van der Waals surface area contributed by atoms with Crippen molar-refractivity contribution in [2.45, 2.75) is 32.7 Å². The van der Waals surface area contributed by atoms with Crippen molar-refractivity contribution < 1.29 is 4.74 Å². The van der Waals surface area contributed by atoms with Gasteiger partial charge in [-0.2, -0.15) is 0 Å². The van der Waals surface area contributed by atoms with Crippen LogP contribution < -0.4 is 10.5 Å². The van der Waals surface area contributed by atoms with Gasteiger partial charge in [-0.05, 0) is 38.0 Å². The van der Waals surface area contributed by atoms with Crippen molar-refractivity contribution in [3.8, 4) is 5.75 Å². The molecule has 0 aliphatic carbocycles. The maximum Gasteiger partial charge on any atom is 0.128 e. The fraction of sp³-hybridized carbons (Fsp3) is 0.353. The summed E-state index contributed by atoms with van der Waals surface area (Å²) in [6.07, 6.45) is 3.33. The molecule has 0 amide bonds. The summed E-state index contributed by atoms with van der Waals surface area (Å²) in [6, 6.07) is 7.82. The Labute approximate surface area is 131 Å². The van der Waals surface area contributed by atoms with Gasteiger partial charge in [0.2, 0.25) is 0 Å². The first kappa shape index (κ1) is 15.8. The van der Waals surface area contributed by atoms with E-state index < -0.39 is 0 Å². The lowest BCUT2D eigenvalue weighted by Crippen LogP contribution is -2.26. The van der Waals surface area contributed by atoms with Crippen LogP contribution in [0, 0.1) is 13.8 Å². The summed E-state index contributed by atoms with van der Waals surface area (Å²) in [5, 5.41) is 0.742. The van der Waals surface area contributed by atoms with Crippen molar-refractivity contribution in [3.05, 3.63) is 57.9 Å². The molecule has 1 unspecified atom stereocenters. The molecule has 0 aliphatic heterocycles. The Balaban J connectivity index is 2.11. The second kappa shape index (κ2) is 6.92. The number of aromatic nitrogens is 1. The quantitative estimate of drug-likeness (QED) is 0.920. The number of hydrogen-bond donors (Lipinski definition) is 1. The third kappa shape index (κ3) is 3.96. The molecule has 2 N–H and O–H groups in total. The van der Waals surface area contributed by atoms with E-state index >= 15 is 0 Å². The van der Waals surface area contributed by atoms with E-state index in [1.54, 1.807) is 7.11 Å². The van der Waals surface area contributed by atoms with E-state index in [4.69, 9.17) is 22.1 Å². The van der Waals surface area contributed by atoms with Crippen LogP contribution in [0.25, 0.3) is 0 Å². The highest BCUT2D eigenvalue weighted by Crippen LogP contribution is 2.25. The molecule has 0 fully saturated rings. The van der Waals surface area contributed by atoms with Gasteiger partial charge < -0.3 is 10.5 Å². The second-order valence-corrected chi connectivity index (χ2v) is 5.78. The average molecular weight is 305 g/mol. The number of ether oxygens (including phenoxy) is 1. The Morgan fingerprint density at radius 3 is 2.71 bits per heavy atom. The van der Waals surface area contributed by atoms with E-state index in [2.05, 4.69) is 4.98 Å². The van der Waals surface area contributed by atoms with Crippen LogP contribution in [0.2, 0.25) is 5.02 Å². The van der Waals surface area contributed by atoms with Crippen LogP contribution in [0.4, 0.5) is 0 Å². The van der Waals surface area contributed by atoms with Crippen molar-refractivity contribution in [2.75, 3.05) is 7.11 Å². The van der Waals surface area contributed by atoms with Crippen molar-refractivity contribution >= 4 is 11.6 Å². The van der Waals surface area contributed by atoms with Crippen LogP contribution in [0.15, 0.2) is 30.5 Å². The smallest absolute Gasteiger partial charge is 0.128 e. The average Bonchev–Trinajstić information content (AvgIpc) is 2.42. The van der Waals surface area contributed by atoms with Gasteiger partial charge in [0.05, 0.1) is 7.11 Å². The molecule has 0 radical (unpaired) electrons. The molecule has 1 aromatic carbocycles. The Morgan fingerprint density at radius 2 is 2.05 bits per heavy atom. The molecule has 0 bridgehead atoms. The third-order valence-corrected chi connectivity index (χ3v) is 3.83. The van der Waals surface area contributed by atoms with Crippen molar-refractivity contribution in [2.24, 2.45) is 5.73 Å². The molecular weight excluding hydrogens is 284 g/mol. The van der Waals surface area contributed by atoms with Gasteiger partial charge in [0.15, 0.2) is 0 Å². The summed E-state index contributed by atoms with van der Waals surface area (Å²) in [5.74, 6) is 0.898. The lowest BCUT2D eigenvalue weighted by atomic mass is 9.99. The van der Waals surface area contributed by atoms with Crippen molar-refractivity contribution in [3.63, 3.8) is 0 Å². The van der Waals surface area contributed by atoms with Gasteiger partial charge in [0, 0.05) is 40.5 Å². The topological polar surface area (TPSA) is 48.1 Å². The predicted molar refractivity (Wildman–Crippen MR) is 87.1 cm³/mol. The first-order chi connectivity index (χ1) is 10.0. The standard InChI is InChI=1S/C17H21ClN2O/c1-11-10-20-16(12(2)17(11)21-3)9-15(19)8-13-5-4-6-14(18)7-13/h4-7,10,15H,8-9,19H2,1-3H3. The highest BCUT2D eigenvalue weighted by molar-refractivity contribution is 6.30. The highest BCUT2D eigenvalue weighted by atomic mass is 35.5. The molecule has 1 heterocycles. The molecule has 4 heteroatoms. The Bertz CT molecular complexity index is 628. The van der Waals surface area contributed by atoms with E-state index in [0.717, 1.165) is 46.0 Å². The second-order valence-electron chi connectivity index (χ2n) is 5.34.